The molecule has 1 unspecified atom stereocenters. The van der Waals surface area contributed by atoms with E-state index in [1.165, 1.54) is 0 Å². The number of nitrogens with one attached hydrogen (secondary N) is 1. The van der Waals surface area contributed by atoms with Gasteiger partial charge in [-0.3, -0.25) is 4.79 Å². The zero-order valence-corrected chi connectivity index (χ0v) is 12.3. The quantitative estimate of drug-likeness (QED) is 0.887. The normalized spacial score (nSPS) is 11.8. The molecule has 0 aliphatic carbocycles. The average Bonchev–Trinajstić information content (AvgIpc) is 2.47. The number of ether oxygens (including phenoxy) is 1. The Bertz CT molecular complexity index is 624. The molecule has 0 fully saturated rings. The van der Waals surface area contributed by atoms with E-state index >= 15 is 0 Å². The number of anilines is 1. The first-order valence-electron chi connectivity index (χ1n) is 6.87. The van der Waals surface area contributed by atoms with E-state index in [1.807, 2.05) is 55.5 Å². The monoisotopic (exact) mass is 284 g/mol. The number of para-hydroxylation sites is 1. The molecule has 0 radical (unpaired) electrons. The highest BCUT2D eigenvalue weighted by Gasteiger charge is 2.10. The fourth-order valence-electron chi connectivity index (χ4n) is 2.17. The highest BCUT2D eigenvalue weighted by molar-refractivity contribution is 5.93. The average molecular weight is 284 g/mol. The van der Waals surface area contributed by atoms with Gasteiger partial charge in [0, 0.05) is 11.7 Å². The molecular formula is C17H20N2O2. The molecule has 2 aromatic rings. The van der Waals surface area contributed by atoms with Crippen LogP contribution < -0.4 is 15.8 Å². The van der Waals surface area contributed by atoms with Crippen molar-refractivity contribution in [2.24, 2.45) is 5.73 Å². The molecule has 21 heavy (non-hydrogen) atoms. The topological polar surface area (TPSA) is 64.3 Å². The Morgan fingerprint density at radius 1 is 1.24 bits per heavy atom. The first-order chi connectivity index (χ1) is 10.1. The number of hydrogen-bond donors (Lipinski definition) is 2. The van der Waals surface area contributed by atoms with Crippen molar-refractivity contribution in [3.63, 3.8) is 0 Å². The highest BCUT2D eigenvalue weighted by atomic mass is 16.5. The summed E-state index contributed by atoms with van der Waals surface area (Å²) in [4.78, 5) is 12.2. The molecule has 4 nitrogen and oxygen atoms in total. The number of carbonyl (C=O) groups excluding carboxylic acids is 1. The van der Waals surface area contributed by atoms with Crippen molar-refractivity contribution in [2.45, 2.75) is 19.4 Å². The Morgan fingerprint density at radius 3 is 2.71 bits per heavy atom. The van der Waals surface area contributed by atoms with E-state index in [1.54, 1.807) is 7.11 Å². The second-order valence-corrected chi connectivity index (χ2v) is 4.95. The standard InChI is InChI=1S/C17H20N2O2/c1-12(18)15-8-3-4-9-16(15)19-17(20)11-13-6-5-7-14(10-13)21-2/h3-10,12H,11,18H2,1-2H3,(H,19,20). The van der Waals surface area contributed by atoms with Gasteiger partial charge in [0.1, 0.15) is 5.75 Å². The van der Waals surface area contributed by atoms with Crippen molar-refractivity contribution in [3.8, 4) is 5.75 Å². The summed E-state index contributed by atoms with van der Waals surface area (Å²) in [5.41, 5.74) is 8.51. The lowest BCUT2D eigenvalue weighted by Crippen LogP contribution is -2.17. The minimum Gasteiger partial charge on any atom is -0.497 e. The number of rotatable bonds is 5. The molecule has 0 spiro atoms. The van der Waals surface area contributed by atoms with Crippen LogP contribution in [0.15, 0.2) is 48.5 Å². The Hall–Kier alpha value is -2.33. The van der Waals surface area contributed by atoms with E-state index in [-0.39, 0.29) is 11.9 Å². The zero-order valence-electron chi connectivity index (χ0n) is 12.3. The molecule has 0 aliphatic rings. The molecule has 0 bridgehead atoms. The molecule has 0 heterocycles. The minimum atomic E-state index is -0.127. The van der Waals surface area contributed by atoms with Crippen molar-refractivity contribution in [1.29, 1.82) is 0 Å². The molecule has 0 saturated heterocycles. The Balaban J connectivity index is 2.08. The largest absolute Gasteiger partial charge is 0.497 e. The van der Waals surface area contributed by atoms with Crippen LogP contribution in [0.2, 0.25) is 0 Å². The van der Waals surface area contributed by atoms with Gasteiger partial charge in [-0.05, 0) is 36.2 Å². The molecule has 0 aromatic heterocycles. The number of hydrogen-bond acceptors (Lipinski definition) is 3. The zero-order chi connectivity index (χ0) is 15.2. The number of nitrogens with two attached hydrogens (primary N) is 1. The third-order valence-electron chi connectivity index (χ3n) is 3.22. The highest BCUT2D eigenvalue weighted by Crippen LogP contribution is 2.21. The molecule has 3 N–H and O–H groups in total. The second kappa shape index (κ2) is 6.90. The van der Waals surface area contributed by atoms with Crippen molar-refractivity contribution >= 4 is 11.6 Å². The molecule has 110 valence electrons. The lowest BCUT2D eigenvalue weighted by atomic mass is 10.1. The first-order valence-corrected chi connectivity index (χ1v) is 6.87. The van der Waals surface area contributed by atoms with Crippen LogP contribution in [0, 0.1) is 0 Å². The van der Waals surface area contributed by atoms with Crippen molar-refractivity contribution in [1.82, 2.24) is 0 Å². The fourth-order valence-corrected chi connectivity index (χ4v) is 2.17. The molecule has 1 atom stereocenters. The van der Waals surface area contributed by atoms with Crippen LogP contribution in [0.3, 0.4) is 0 Å². The van der Waals surface area contributed by atoms with Gasteiger partial charge in [-0.15, -0.1) is 0 Å². The molecule has 2 rings (SSSR count). The third kappa shape index (κ3) is 4.07. The fraction of sp³-hybridized carbons (Fsp3) is 0.235. The van der Waals surface area contributed by atoms with Gasteiger partial charge >= 0.3 is 0 Å². The van der Waals surface area contributed by atoms with E-state index < -0.39 is 0 Å². The van der Waals surface area contributed by atoms with Crippen molar-refractivity contribution in [2.75, 3.05) is 12.4 Å². The van der Waals surface area contributed by atoms with Crippen LogP contribution >= 0.6 is 0 Å². The van der Waals surface area contributed by atoms with Crippen molar-refractivity contribution < 1.29 is 9.53 Å². The number of methoxy groups -OCH3 is 1. The number of carbonyl (C=O) groups is 1. The smallest absolute Gasteiger partial charge is 0.228 e. The van der Waals surface area contributed by atoms with E-state index in [4.69, 9.17) is 10.5 Å². The van der Waals surface area contributed by atoms with Crippen molar-refractivity contribution in [3.05, 3.63) is 59.7 Å². The summed E-state index contributed by atoms with van der Waals surface area (Å²) < 4.78 is 5.16. The van der Waals surface area contributed by atoms with E-state index in [2.05, 4.69) is 5.32 Å². The van der Waals surface area contributed by atoms with Crippen LogP contribution in [0.1, 0.15) is 24.1 Å². The summed E-state index contributed by atoms with van der Waals surface area (Å²) in [5.74, 6) is 0.674. The van der Waals surface area contributed by atoms with Crippen LogP contribution in [0.4, 0.5) is 5.69 Å². The number of benzene rings is 2. The molecule has 2 aromatic carbocycles. The van der Waals surface area contributed by atoms with Crippen LogP contribution in [0.25, 0.3) is 0 Å². The van der Waals surface area contributed by atoms with E-state index in [9.17, 15) is 4.79 Å². The Labute approximate surface area is 124 Å². The molecule has 1 amide bonds. The van der Waals surface area contributed by atoms with E-state index in [0.717, 1.165) is 22.6 Å². The lowest BCUT2D eigenvalue weighted by molar-refractivity contribution is -0.115. The molecule has 0 aliphatic heterocycles. The Kier molecular flexibility index (Phi) is 4.95. The van der Waals surface area contributed by atoms with Gasteiger partial charge in [0.05, 0.1) is 13.5 Å². The predicted octanol–water partition coefficient (Wildman–Crippen LogP) is 2.90. The summed E-state index contributed by atoms with van der Waals surface area (Å²) >= 11 is 0. The molecule has 4 heteroatoms. The molecule has 0 saturated carbocycles. The van der Waals surface area contributed by atoms with Gasteiger partial charge in [0.2, 0.25) is 5.91 Å². The van der Waals surface area contributed by atoms with Gasteiger partial charge in [-0.2, -0.15) is 0 Å². The van der Waals surface area contributed by atoms with Gasteiger partial charge < -0.3 is 15.8 Å². The van der Waals surface area contributed by atoms with Crippen LogP contribution in [-0.4, -0.2) is 13.0 Å². The third-order valence-corrected chi connectivity index (χ3v) is 3.22. The maximum absolute atomic E-state index is 12.2. The summed E-state index contributed by atoms with van der Waals surface area (Å²) in [7, 11) is 1.61. The van der Waals surface area contributed by atoms with Crippen LogP contribution in [-0.2, 0) is 11.2 Å². The maximum Gasteiger partial charge on any atom is 0.228 e. The van der Waals surface area contributed by atoms with Gasteiger partial charge in [0.15, 0.2) is 0 Å². The van der Waals surface area contributed by atoms with E-state index in [0.29, 0.717) is 6.42 Å². The van der Waals surface area contributed by atoms with Gasteiger partial charge in [-0.25, -0.2) is 0 Å². The Morgan fingerprint density at radius 2 is 2.00 bits per heavy atom. The summed E-state index contributed by atoms with van der Waals surface area (Å²) in [5, 5.41) is 2.92. The summed E-state index contributed by atoms with van der Waals surface area (Å²) in [6.07, 6.45) is 0.296. The SMILES string of the molecule is COc1cccc(CC(=O)Nc2ccccc2C(C)N)c1. The number of amides is 1. The van der Waals surface area contributed by atoms with Crippen LogP contribution in [0.5, 0.6) is 5.75 Å². The maximum atomic E-state index is 12.2. The summed E-state index contributed by atoms with van der Waals surface area (Å²) in [6.45, 7) is 1.90. The first kappa shape index (κ1) is 15.1. The molecular weight excluding hydrogens is 264 g/mol. The summed E-state index contributed by atoms with van der Waals surface area (Å²) in [6, 6.07) is 14.9. The predicted molar refractivity (Wildman–Crippen MR) is 84.4 cm³/mol. The lowest BCUT2D eigenvalue weighted by Gasteiger charge is -2.13. The second-order valence-electron chi connectivity index (χ2n) is 4.95. The minimum absolute atomic E-state index is 0.0728. The van der Waals surface area contributed by atoms with Gasteiger partial charge in [-0.1, -0.05) is 30.3 Å². The van der Waals surface area contributed by atoms with Gasteiger partial charge in [0.25, 0.3) is 0 Å².